The first kappa shape index (κ1) is 15.2. The molecule has 0 heterocycles. The summed E-state index contributed by atoms with van der Waals surface area (Å²) in [6.45, 7) is 2.94. The van der Waals surface area contributed by atoms with E-state index in [-0.39, 0.29) is 5.97 Å². The Morgan fingerprint density at radius 2 is 2.05 bits per heavy atom. The van der Waals surface area contributed by atoms with Crippen LogP contribution >= 0.6 is 0 Å². The van der Waals surface area contributed by atoms with Crippen LogP contribution in [0.2, 0.25) is 0 Å². The molecular formula is C15H20O4. The fraction of sp³-hybridized carbons (Fsp3) is 0.400. The first-order chi connectivity index (χ1) is 9.17. The highest BCUT2D eigenvalue weighted by molar-refractivity contribution is 5.87. The molecule has 1 aromatic rings. The van der Waals surface area contributed by atoms with Crippen molar-refractivity contribution in [3.63, 3.8) is 0 Å². The Bertz CT molecular complexity index is 438. The Balaban J connectivity index is 2.55. The third-order valence-electron chi connectivity index (χ3n) is 2.52. The van der Waals surface area contributed by atoms with Crippen LogP contribution in [0.25, 0.3) is 6.08 Å². The van der Waals surface area contributed by atoms with Crippen molar-refractivity contribution in [2.75, 3.05) is 27.4 Å². The highest BCUT2D eigenvalue weighted by Crippen LogP contribution is 2.20. The van der Waals surface area contributed by atoms with E-state index in [9.17, 15) is 4.79 Å². The zero-order valence-electron chi connectivity index (χ0n) is 11.6. The average Bonchev–Trinajstić information content (AvgIpc) is 2.41. The Kier molecular flexibility index (Phi) is 6.68. The molecular weight excluding hydrogens is 244 g/mol. The van der Waals surface area contributed by atoms with Gasteiger partial charge in [-0.15, -0.1) is 0 Å². The van der Waals surface area contributed by atoms with E-state index in [0.717, 1.165) is 16.9 Å². The molecule has 0 saturated heterocycles. The summed E-state index contributed by atoms with van der Waals surface area (Å²) in [6, 6.07) is 5.78. The molecule has 1 rings (SSSR count). The Morgan fingerprint density at radius 1 is 1.26 bits per heavy atom. The fourth-order valence-corrected chi connectivity index (χ4v) is 1.57. The lowest BCUT2D eigenvalue weighted by Gasteiger charge is -2.05. The van der Waals surface area contributed by atoms with Crippen molar-refractivity contribution in [3.05, 3.63) is 35.4 Å². The number of hydrogen-bond acceptors (Lipinski definition) is 4. The second kappa shape index (κ2) is 8.32. The van der Waals surface area contributed by atoms with Gasteiger partial charge in [-0.25, -0.2) is 4.79 Å². The van der Waals surface area contributed by atoms with Crippen molar-refractivity contribution in [1.82, 2.24) is 0 Å². The van der Waals surface area contributed by atoms with Crippen LogP contribution in [0.4, 0.5) is 0 Å². The van der Waals surface area contributed by atoms with Gasteiger partial charge in [0, 0.05) is 31.8 Å². The maximum Gasteiger partial charge on any atom is 0.330 e. The van der Waals surface area contributed by atoms with Crippen LogP contribution < -0.4 is 4.74 Å². The van der Waals surface area contributed by atoms with Gasteiger partial charge in [0.25, 0.3) is 0 Å². The normalized spacial score (nSPS) is 10.7. The molecule has 0 spiro atoms. The van der Waals surface area contributed by atoms with Crippen LogP contribution in [-0.4, -0.2) is 33.4 Å². The maximum absolute atomic E-state index is 11.5. The number of aryl methyl sites for hydroxylation is 1. The molecule has 0 amide bonds. The molecule has 0 unspecified atom stereocenters. The smallest absolute Gasteiger partial charge is 0.330 e. The van der Waals surface area contributed by atoms with Gasteiger partial charge in [-0.2, -0.15) is 0 Å². The van der Waals surface area contributed by atoms with E-state index in [2.05, 4.69) is 0 Å². The standard InChI is InChI=1S/C15H20O4/c1-12-5-7-14(18-3)13(11-12)6-8-15(16)19-10-4-9-17-2/h5-8,11H,4,9-10H2,1-3H3. The van der Waals surface area contributed by atoms with Crippen molar-refractivity contribution in [3.8, 4) is 5.75 Å². The Labute approximate surface area is 114 Å². The molecule has 0 atom stereocenters. The molecule has 0 saturated carbocycles. The van der Waals surface area contributed by atoms with Crippen molar-refractivity contribution in [2.45, 2.75) is 13.3 Å². The minimum atomic E-state index is -0.361. The second-order valence-corrected chi connectivity index (χ2v) is 4.09. The fourth-order valence-electron chi connectivity index (χ4n) is 1.57. The molecule has 0 aliphatic heterocycles. The number of rotatable bonds is 7. The van der Waals surface area contributed by atoms with Crippen LogP contribution in [0.5, 0.6) is 5.75 Å². The third kappa shape index (κ3) is 5.57. The molecule has 1 aromatic carbocycles. The number of benzene rings is 1. The lowest BCUT2D eigenvalue weighted by atomic mass is 10.1. The predicted molar refractivity (Wildman–Crippen MR) is 74.2 cm³/mol. The first-order valence-corrected chi connectivity index (χ1v) is 6.15. The van der Waals surface area contributed by atoms with Gasteiger partial charge in [0.15, 0.2) is 0 Å². The lowest BCUT2D eigenvalue weighted by molar-refractivity contribution is -0.138. The lowest BCUT2D eigenvalue weighted by Crippen LogP contribution is -2.04. The summed E-state index contributed by atoms with van der Waals surface area (Å²) < 4.78 is 15.1. The SMILES string of the molecule is COCCCOC(=O)C=Cc1cc(C)ccc1OC. The van der Waals surface area contributed by atoms with Crippen LogP contribution in [0.3, 0.4) is 0 Å². The van der Waals surface area contributed by atoms with E-state index in [4.69, 9.17) is 14.2 Å². The van der Waals surface area contributed by atoms with Gasteiger partial charge in [0.2, 0.25) is 0 Å². The number of esters is 1. The van der Waals surface area contributed by atoms with Gasteiger partial charge in [-0.05, 0) is 25.1 Å². The molecule has 0 radical (unpaired) electrons. The van der Waals surface area contributed by atoms with Crippen molar-refractivity contribution in [1.29, 1.82) is 0 Å². The van der Waals surface area contributed by atoms with E-state index in [1.165, 1.54) is 6.08 Å². The summed E-state index contributed by atoms with van der Waals surface area (Å²) >= 11 is 0. The molecule has 19 heavy (non-hydrogen) atoms. The number of hydrogen-bond donors (Lipinski definition) is 0. The van der Waals surface area contributed by atoms with Crippen molar-refractivity contribution in [2.24, 2.45) is 0 Å². The summed E-state index contributed by atoms with van der Waals surface area (Å²) in [5.74, 6) is 0.369. The first-order valence-electron chi connectivity index (χ1n) is 6.15. The minimum Gasteiger partial charge on any atom is -0.496 e. The summed E-state index contributed by atoms with van der Waals surface area (Å²) in [5, 5.41) is 0. The minimum absolute atomic E-state index is 0.361. The van der Waals surface area contributed by atoms with Crippen LogP contribution in [0.15, 0.2) is 24.3 Å². The van der Waals surface area contributed by atoms with Gasteiger partial charge >= 0.3 is 5.97 Å². The Morgan fingerprint density at radius 3 is 2.74 bits per heavy atom. The van der Waals surface area contributed by atoms with E-state index in [1.54, 1.807) is 20.3 Å². The van der Waals surface area contributed by atoms with Crippen LogP contribution in [0.1, 0.15) is 17.5 Å². The maximum atomic E-state index is 11.5. The molecule has 104 valence electrons. The summed E-state index contributed by atoms with van der Waals surface area (Å²) in [6.07, 6.45) is 3.80. The number of carbonyl (C=O) groups excluding carboxylic acids is 1. The highest BCUT2D eigenvalue weighted by Gasteiger charge is 2.01. The van der Waals surface area contributed by atoms with E-state index in [0.29, 0.717) is 19.6 Å². The summed E-state index contributed by atoms with van der Waals surface area (Å²) in [7, 11) is 3.22. The molecule has 0 aliphatic carbocycles. The molecule has 0 fully saturated rings. The molecule has 0 bridgehead atoms. The molecule has 0 N–H and O–H groups in total. The zero-order valence-corrected chi connectivity index (χ0v) is 11.6. The van der Waals surface area contributed by atoms with Gasteiger partial charge in [0.1, 0.15) is 5.75 Å². The summed E-state index contributed by atoms with van der Waals surface area (Å²) in [4.78, 5) is 11.5. The molecule has 4 heteroatoms. The van der Waals surface area contributed by atoms with Gasteiger partial charge < -0.3 is 14.2 Å². The molecule has 4 nitrogen and oxygen atoms in total. The monoisotopic (exact) mass is 264 g/mol. The average molecular weight is 264 g/mol. The summed E-state index contributed by atoms with van der Waals surface area (Å²) in [5.41, 5.74) is 1.96. The number of ether oxygens (including phenoxy) is 3. The molecule has 0 aromatic heterocycles. The van der Waals surface area contributed by atoms with Gasteiger partial charge in [0.05, 0.1) is 13.7 Å². The van der Waals surface area contributed by atoms with Gasteiger partial charge in [-0.3, -0.25) is 0 Å². The number of methoxy groups -OCH3 is 2. The van der Waals surface area contributed by atoms with Crippen molar-refractivity contribution >= 4 is 12.0 Å². The van der Waals surface area contributed by atoms with Crippen molar-refractivity contribution < 1.29 is 19.0 Å². The highest BCUT2D eigenvalue weighted by atomic mass is 16.5. The topological polar surface area (TPSA) is 44.8 Å². The van der Waals surface area contributed by atoms with Crippen LogP contribution in [0, 0.1) is 6.92 Å². The third-order valence-corrected chi connectivity index (χ3v) is 2.52. The van der Waals surface area contributed by atoms with E-state index >= 15 is 0 Å². The predicted octanol–water partition coefficient (Wildman–Crippen LogP) is 2.60. The van der Waals surface area contributed by atoms with E-state index < -0.39 is 0 Å². The molecule has 0 aliphatic rings. The van der Waals surface area contributed by atoms with Gasteiger partial charge in [-0.1, -0.05) is 11.6 Å². The number of carbonyl (C=O) groups is 1. The quantitative estimate of drug-likeness (QED) is 0.431. The Hall–Kier alpha value is -1.81. The van der Waals surface area contributed by atoms with Crippen LogP contribution in [-0.2, 0) is 14.3 Å². The largest absolute Gasteiger partial charge is 0.496 e. The zero-order chi connectivity index (χ0) is 14.1. The second-order valence-electron chi connectivity index (χ2n) is 4.09. The van der Waals surface area contributed by atoms with E-state index in [1.807, 2.05) is 25.1 Å².